The molecule has 188 valence electrons. The Morgan fingerprint density at radius 2 is 1.97 bits per heavy atom. The van der Waals surface area contributed by atoms with E-state index in [4.69, 9.17) is 0 Å². The maximum atomic E-state index is 15.5. The Kier molecular flexibility index (Phi) is 6.20. The Balaban J connectivity index is 1.26. The Hall–Kier alpha value is -2.92. The molecule has 11 heteroatoms. The third kappa shape index (κ3) is 4.39. The molecule has 4 heterocycles. The number of fused-ring (bicyclic) bond motifs is 2. The SMILES string of the molecule is CSc1ncc(F)c(-c2ccc(-c3ncc(N(C4CC4)[C@H]4C[C@@H]5CCC[C@@H](N5)[C@H]4F)nn3)c(O)c2)n1. The molecule has 1 saturated carbocycles. The molecule has 3 aliphatic rings. The molecule has 1 aromatic carbocycles. The maximum Gasteiger partial charge on any atom is 0.187 e. The minimum Gasteiger partial charge on any atom is -0.507 e. The standard InChI is InChI=1S/C25H27F2N7OS/c1-36-25-29-11-17(26)23(31-25)13-5-8-16(20(35)9-13)24-28-12-21(32-33-24)34(15-6-7-15)19-10-14-3-2-4-18(30-14)22(19)27/h5,8-9,11-12,14-15,18-19,22,30,35H,2-4,6-7,10H2,1H3/t14-,18+,19-,22+/m0/s1. The van der Waals surface area contributed by atoms with Gasteiger partial charge in [-0.25, -0.2) is 23.7 Å². The summed E-state index contributed by atoms with van der Waals surface area (Å²) in [5.74, 6) is 0.124. The molecule has 0 unspecified atom stereocenters. The van der Waals surface area contributed by atoms with Gasteiger partial charge < -0.3 is 15.3 Å². The second-order valence-electron chi connectivity index (χ2n) is 9.71. The highest BCUT2D eigenvalue weighted by Gasteiger charge is 2.46. The van der Waals surface area contributed by atoms with Gasteiger partial charge in [-0.1, -0.05) is 24.2 Å². The number of aromatic nitrogens is 5. The molecular weight excluding hydrogens is 484 g/mol. The quantitative estimate of drug-likeness (QED) is 0.373. The lowest BCUT2D eigenvalue weighted by Crippen LogP contribution is -2.62. The van der Waals surface area contributed by atoms with E-state index in [1.807, 2.05) is 0 Å². The van der Waals surface area contributed by atoms with E-state index in [0.717, 1.165) is 44.7 Å². The van der Waals surface area contributed by atoms with Crippen molar-refractivity contribution in [2.75, 3.05) is 11.2 Å². The predicted octanol–water partition coefficient (Wildman–Crippen LogP) is 4.15. The summed E-state index contributed by atoms with van der Waals surface area (Å²) in [7, 11) is 0. The van der Waals surface area contributed by atoms with E-state index in [-0.39, 0.29) is 35.4 Å². The minimum atomic E-state index is -0.964. The average molecular weight is 512 g/mol. The minimum absolute atomic E-state index is 0.105. The number of benzene rings is 1. The van der Waals surface area contributed by atoms with Gasteiger partial charge in [-0.3, -0.25) is 0 Å². The Labute approximate surface area is 212 Å². The van der Waals surface area contributed by atoms with Crippen molar-refractivity contribution in [2.45, 2.75) is 74.0 Å². The highest BCUT2D eigenvalue weighted by atomic mass is 32.2. The largest absolute Gasteiger partial charge is 0.507 e. The van der Waals surface area contributed by atoms with Crippen molar-refractivity contribution in [3.8, 4) is 28.4 Å². The van der Waals surface area contributed by atoms with E-state index in [0.29, 0.717) is 28.1 Å². The van der Waals surface area contributed by atoms with Gasteiger partial charge in [-0.15, -0.1) is 10.2 Å². The topological polar surface area (TPSA) is 100.0 Å². The summed E-state index contributed by atoms with van der Waals surface area (Å²) in [4.78, 5) is 14.7. The predicted molar refractivity (Wildman–Crippen MR) is 133 cm³/mol. The van der Waals surface area contributed by atoms with Crippen LogP contribution in [0.4, 0.5) is 14.6 Å². The lowest BCUT2D eigenvalue weighted by molar-refractivity contribution is 0.104. The Morgan fingerprint density at radius 1 is 1.11 bits per heavy atom. The summed E-state index contributed by atoms with van der Waals surface area (Å²) < 4.78 is 29.8. The maximum absolute atomic E-state index is 15.5. The monoisotopic (exact) mass is 511 g/mol. The van der Waals surface area contributed by atoms with Gasteiger partial charge in [0.25, 0.3) is 0 Å². The molecule has 3 fully saturated rings. The number of alkyl halides is 1. The van der Waals surface area contributed by atoms with Crippen LogP contribution in [0, 0.1) is 5.82 Å². The number of aromatic hydroxyl groups is 1. The van der Waals surface area contributed by atoms with Crippen molar-refractivity contribution in [3.05, 3.63) is 36.4 Å². The third-order valence-electron chi connectivity index (χ3n) is 7.32. The van der Waals surface area contributed by atoms with Crippen LogP contribution in [0.5, 0.6) is 5.75 Å². The van der Waals surface area contributed by atoms with Crippen LogP contribution in [0.15, 0.2) is 35.7 Å². The van der Waals surface area contributed by atoms with Crippen molar-refractivity contribution < 1.29 is 13.9 Å². The van der Waals surface area contributed by atoms with Gasteiger partial charge in [-0.05, 0) is 50.5 Å². The zero-order valence-corrected chi connectivity index (χ0v) is 20.6. The normalized spacial score (nSPS) is 25.5. The van der Waals surface area contributed by atoms with Crippen LogP contribution < -0.4 is 10.2 Å². The zero-order valence-electron chi connectivity index (χ0n) is 19.8. The zero-order chi connectivity index (χ0) is 24.8. The van der Waals surface area contributed by atoms with Crippen molar-refractivity contribution in [1.82, 2.24) is 30.5 Å². The van der Waals surface area contributed by atoms with Crippen molar-refractivity contribution >= 4 is 17.6 Å². The molecule has 1 aliphatic carbocycles. The summed E-state index contributed by atoms with van der Waals surface area (Å²) >= 11 is 1.30. The molecule has 4 atom stereocenters. The second-order valence-corrected chi connectivity index (χ2v) is 10.5. The lowest BCUT2D eigenvalue weighted by Gasteiger charge is -2.47. The highest BCUT2D eigenvalue weighted by molar-refractivity contribution is 7.98. The first-order valence-corrected chi connectivity index (χ1v) is 13.5. The van der Waals surface area contributed by atoms with Gasteiger partial charge >= 0.3 is 0 Å². The molecule has 0 radical (unpaired) electrons. The number of halogens is 2. The van der Waals surface area contributed by atoms with E-state index in [1.54, 1.807) is 24.6 Å². The number of hydrogen-bond donors (Lipinski definition) is 2. The number of phenols is 1. The van der Waals surface area contributed by atoms with E-state index in [1.165, 1.54) is 17.8 Å². The first-order chi connectivity index (χ1) is 17.5. The number of phenolic OH excluding ortho intramolecular Hbond substituents is 1. The molecule has 2 aliphatic heterocycles. The van der Waals surface area contributed by atoms with E-state index >= 15 is 4.39 Å². The van der Waals surface area contributed by atoms with Crippen LogP contribution in [0.3, 0.4) is 0 Å². The lowest BCUT2D eigenvalue weighted by atomic mass is 9.82. The average Bonchev–Trinajstić information content (AvgIpc) is 3.73. The van der Waals surface area contributed by atoms with Crippen molar-refractivity contribution in [1.29, 1.82) is 0 Å². The summed E-state index contributed by atoms with van der Waals surface area (Å²) in [6.07, 6.45) is 9.36. The molecule has 2 N–H and O–H groups in total. The van der Waals surface area contributed by atoms with Crippen LogP contribution in [0.1, 0.15) is 38.5 Å². The molecule has 6 rings (SSSR count). The van der Waals surface area contributed by atoms with Crippen molar-refractivity contribution in [2.24, 2.45) is 0 Å². The molecule has 8 nitrogen and oxygen atoms in total. The Morgan fingerprint density at radius 3 is 2.69 bits per heavy atom. The van der Waals surface area contributed by atoms with Gasteiger partial charge in [0.05, 0.1) is 24.0 Å². The number of hydrogen-bond acceptors (Lipinski definition) is 9. The molecule has 0 spiro atoms. The molecule has 2 aromatic heterocycles. The van der Waals surface area contributed by atoms with Crippen LogP contribution in [-0.4, -0.2) is 66.9 Å². The van der Waals surface area contributed by atoms with Gasteiger partial charge in [0.15, 0.2) is 22.6 Å². The van der Waals surface area contributed by atoms with E-state index in [9.17, 15) is 9.50 Å². The molecule has 2 bridgehead atoms. The number of anilines is 1. The summed E-state index contributed by atoms with van der Waals surface area (Å²) in [6, 6.07) is 4.95. The first kappa shape index (κ1) is 23.5. The molecular formula is C25H27F2N7OS. The highest BCUT2D eigenvalue weighted by Crippen LogP contribution is 2.39. The van der Waals surface area contributed by atoms with Gasteiger partial charge in [0.2, 0.25) is 0 Å². The molecule has 3 aromatic rings. The summed E-state index contributed by atoms with van der Waals surface area (Å²) in [5, 5.41) is 23.3. The fraction of sp³-hybridized carbons (Fsp3) is 0.480. The van der Waals surface area contributed by atoms with Gasteiger partial charge in [0, 0.05) is 23.7 Å². The number of nitrogens with one attached hydrogen (secondary N) is 1. The van der Waals surface area contributed by atoms with Crippen LogP contribution in [-0.2, 0) is 0 Å². The fourth-order valence-electron chi connectivity index (χ4n) is 5.46. The van der Waals surface area contributed by atoms with Crippen molar-refractivity contribution in [3.63, 3.8) is 0 Å². The smallest absolute Gasteiger partial charge is 0.187 e. The summed E-state index contributed by atoms with van der Waals surface area (Å²) in [6.45, 7) is 0. The molecule has 2 saturated heterocycles. The van der Waals surface area contributed by atoms with E-state index < -0.39 is 12.0 Å². The van der Waals surface area contributed by atoms with Gasteiger partial charge in [0.1, 0.15) is 17.6 Å². The number of nitrogens with zero attached hydrogens (tertiary/aromatic N) is 6. The van der Waals surface area contributed by atoms with Crippen LogP contribution in [0.25, 0.3) is 22.6 Å². The van der Waals surface area contributed by atoms with E-state index in [2.05, 4.69) is 35.4 Å². The summed E-state index contributed by atoms with van der Waals surface area (Å²) in [5.41, 5.74) is 0.898. The van der Waals surface area contributed by atoms with Crippen LogP contribution >= 0.6 is 11.8 Å². The number of rotatable bonds is 6. The first-order valence-electron chi connectivity index (χ1n) is 12.3. The second kappa shape index (κ2) is 9.51. The fourth-order valence-corrected chi connectivity index (χ4v) is 5.80. The van der Waals surface area contributed by atoms with Crippen LogP contribution in [0.2, 0.25) is 0 Å². The molecule has 0 amide bonds. The van der Waals surface area contributed by atoms with Gasteiger partial charge in [-0.2, -0.15) is 0 Å². The molecule has 36 heavy (non-hydrogen) atoms. The Bertz CT molecular complexity index is 1260. The number of thioether (sulfide) groups is 1. The third-order valence-corrected chi connectivity index (χ3v) is 7.89. The number of piperidine rings is 2.